The molecule has 0 aliphatic heterocycles. The summed E-state index contributed by atoms with van der Waals surface area (Å²) < 4.78 is 7.80. The van der Waals surface area contributed by atoms with Crippen LogP contribution in [0.25, 0.3) is 0 Å². The van der Waals surface area contributed by atoms with E-state index in [1.54, 1.807) is 0 Å². The molecule has 0 saturated heterocycles. The Labute approximate surface area is 123 Å². The second kappa shape index (κ2) is 6.36. The molecule has 0 unspecified atom stereocenters. The molecule has 0 radical (unpaired) electrons. The Morgan fingerprint density at radius 2 is 1.72 bits per heavy atom. The zero-order valence-corrected chi connectivity index (χ0v) is 12.9. The first-order chi connectivity index (χ1) is 8.67. The monoisotopic (exact) mass is 369 g/mol. The summed E-state index contributed by atoms with van der Waals surface area (Å²) in [7, 11) is 0. The number of benzene rings is 2. The van der Waals surface area contributed by atoms with Crippen LogP contribution in [0, 0.1) is 0 Å². The molecule has 0 fully saturated rings. The maximum atomic E-state index is 5.76. The highest BCUT2D eigenvalue weighted by Gasteiger charge is 2.01. The molecule has 2 aromatic rings. The summed E-state index contributed by atoms with van der Waals surface area (Å²) in [6.45, 7) is 1.05. The largest absolute Gasteiger partial charge is 0.489 e. The summed E-state index contributed by atoms with van der Waals surface area (Å²) in [5.41, 5.74) is 7.81. The van der Waals surface area contributed by atoms with Gasteiger partial charge in [0.25, 0.3) is 0 Å². The van der Waals surface area contributed by atoms with Crippen molar-refractivity contribution in [3.05, 3.63) is 62.5 Å². The normalized spacial score (nSPS) is 10.4. The number of nitrogens with two attached hydrogens (primary N) is 1. The predicted octanol–water partition coefficient (Wildman–Crippen LogP) is 4.25. The van der Waals surface area contributed by atoms with Crippen LogP contribution in [0.2, 0.25) is 0 Å². The van der Waals surface area contributed by atoms with E-state index < -0.39 is 0 Å². The quantitative estimate of drug-likeness (QED) is 0.873. The standard InChI is InChI=1S/C14H13Br2NO/c15-12-3-1-2-10(4-12)9-18-14-6-11(8-17)5-13(16)7-14/h1-7H,8-9,17H2. The van der Waals surface area contributed by atoms with E-state index in [2.05, 4.69) is 31.9 Å². The van der Waals surface area contributed by atoms with Crippen molar-refractivity contribution in [1.29, 1.82) is 0 Å². The topological polar surface area (TPSA) is 35.2 Å². The van der Waals surface area contributed by atoms with Gasteiger partial charge in [-0.1, -0.05) is 44.0 Å². The molecule has 0 atom stereocenters. The maximum Gasteiger partial charge on any atom is 0.121 e. The van der Waals surface area contributed by atoms with Gasteiger partial charge in [-0.2, -0.15) is 0 Å². The molecule has 0 heterocycles. The molecule has 0 amide bonds. The fourth-order valence-corrected chi connectivity index (χ4v) is 2.58. The highest BCUT2D eigenvalue weighted by molar-refractivity contribution is 9.10. The molecule has 0 saturated carbocycles. The van der Waals surface area contributed by atoms with Gasteiger partial charge in [-0.3, -0.25) is 0 Å². The molecule has 2 rings (SSSR count). The summed E-state index contributed by atoms with van der Waals surface area (Å²) in [5.74, 6) is 0.824. The van der Waals surface area contributed by atoms with E-state index in [0.717, 1.165) is 25.8 Å². The van der Waals surface area contributed by atoms with Gasteiger partial charge in [0.15, 0.2) is 0 Å². The van der Waals surface area contributed by atoms with Crippen molar-refractivity contribution < 1.29 is 4.74 Å². The Balaban J connectivity index is 2.08. The van der Waals surface area contributed by atoms with Crippen molar-refractivity contribution in [3.63, 3.8) is 0 Å². The van der Waals surface area contributed by atoms with Crippen molar-refractivity contribution in [1.82, 2.24) is 0 Å². The molecule has 0 aliphatic rings. The lowest BCUT2D eigenvalue weighted by Crippen LogP contribution is -1.99. The minimum Gasteiger partial charge on any atom is -0.489 e. The van der Waals surface area contributed by atoms with Gasteiger partial charge in [-0.15, -0.1) is 0 Å². The van der Waals surface area contributed by atoms with Gasteiger partial charge in [-0.05, 0) is 41.5 Å². The summed E-state index contributed by atoms with van der Waals surface area (Å²) in [5, 5.41) is 0. The average Bonchev–Trinajstić information content (AvgIpc) is 2.36. The molecule has 0 bridgehead atoms. The van der Waals surface area contributed by atoms with Crippen LogP contribution in [0.15, 0.2) is 51.4 Å². The lowest BCUT2D eigenvalue weighted by atomic mass is 10.2. The van der Waals surface area contributed by atoms with Crippen molar-refractivity contribution in [2.45, 2.75) is 13.2 Å². The smallest absolute Gasteiger partial charge is 0.121 e. The van der Waals surface area contributed by atoms with E-state index in [9.17, 15) is 0 Å². The number of rotatable bonds is 4. The molecule has 4 heteroatoms. The molecule has 0 spiro atoms. The first-order valence-electron chi connectivity index (χ1n) is 5.54. The minimum atomic E-state index is 0.507. The van der Waals surface area contributed by atoms with Gasteiger partial charge in [0.05, 0.1) is 0 Å². The van der Waals surface area contributed by atoms with Crippen molar-refractivity contribution in [3.8, 4) is 5.75 Å². The Morgan fingerprint density at radius 3 is 2.44 bits per heavy atom. The van der Waals surface area contributed by atoms with Gasteiger partial charge in [-0.25, -0.2) is 0 Å². The first kappa shape index (κ1) is 13.6. The highest BCUT2D eigenvalue weighted by Crippen LogP contribution is 2.22. The van der Waals surface area contributed by atoms with Gasteiger partial charge in [0, 0.05) is 15.5 Å². The fourth-order valence-electron chi connectivity index (χ4n) is 1.62. The second-order valence-corrected chi connectivity index (χ2v) is 5.75. The molecule has 0 aromatic heterocycles. The van der Waals surface area contributed by atoms with Crippen molar-refractivity contribution in [2.24, 2.45) is 5.73 Å². The van der Waals surface area contributed by atoms with E-state index in [1.165, 1.54) is 0 Å². The van der Waals surface area contributed by atoms with Crippen molar-refractivity contribution >= 4 is 31.9 Å². The molecule has 18 heavy (non-hydrogen) atoms. The van der Waals surface area contributed by atoms with Crippen LogP contribution >= 0.6 is 31.9 Å². The summed E-state index contributed by atoms with van der Waals surface area (Å²) in [6, 6.07) is 14.0. The summed E-state index contributed by atoms with van der Waals surface area (Å²) in [6.07, 6.45) is 0. The third-order valence-corrected chi connectivity index (χ3v) is 3.41. The second-order valence-electron chi connectivity index (χ2n) is 3.92. The number of hydrogen-bond acceptors (Lipinski definition) is 2. The zero-order chi connectivity index (χ0) is 13.0. The van der Waals surface area contributed by atoms with E-state index in [0.29, 0.717) is 13.2 Å². The first-order valence-corrected chi connectivity index (χ1v) is 7.13. The number of halogens is 2. The summed E-state index contributed by atoms with van der Waals surface area (Å²) >= 11 is 6.89. The number of ether oxygens (including phenoxy) is 1. The van der Waals surface area contributed by atoms with Crippen LogP contribution in [-0.2, 0) is 13.2 Å². The van der Waals surface area contributed by atoms with Gasteiger partial charge in [0.2, 0.25) is 0 Å². The lowest BCUT2D eigenvalue weighted by molar-refractivity contribution is 0.305. The highest BCUT2D eigenvalue weighted by atomic mass is 79.9. The lowest BCUT2D eigenvalue weighted by Gasteiger charge is -2.09. The third-order valence-electron chi connectivity index (χ3n) is 2.46. The van der Waals surface area contributed by atoms with Crippen LogP contribution < -0.4 is 10.5 Å². The number of hydrogen-bond donors (Lipinski definition) is 1. The Kier molecular flexibility index (Phi) is 4.80. The predicted molar refractivity (Wildman–Crippen MR) is 80.5 cm³/mol. The SMILES string of the molecule is NCc1cc(Br)cc(OCc2cccc(Br)c2)c1. The van der Waals surface area contributed by atoms with Gasteiger partial charge < -0.3 is 10.5 Å². The van der Waals surface area contributed by atoms with E-state index in [4.69, 9.17) is 10.5 Å². The molecular formula is C14H13Br2NO. The summed E-state index contributed by atoms with van der Waals surface area (Å²) in [4.78, 5) is 0. The maximum absolute atomic E-state index is 5.76. The van der Waals surface area contributed by atoms with Gasteiger partial charge >= 0.3 is 0 Å². The van der Waals surface area contributed by atoms with Crippen LogP contribution in [0.4, 0.5) is 0 Å². The Morgan fingerprint density at radius 1 is 0.944 bits per heavy atom. The minimum absolute atomic E-state index is 0.507. The van der Waals surface area contributed by atoms with Crippen molar-refractivity contribution in [2.75, 3.05) is 0 Å². The van der Waals surface area contributed by atoms with Gasteiger partial charge in [0.1, 0.15) is 12.4 Å². The molecular weight excluding hydrogens is 358 g/mol. The fraction of sp³-hybridized carbons (Fsp3) is 0.143. The Hall–Kier alpha value is -0.840. The molecule has 2 nitrogen and oxygen atoms in total. The van der Waals surface area contributed by atoms with Crippen LogP contribution in [-0.4, -0.2) is 0 Å². The molecule has 2 aromatic carbocycles. The Bertz CT molecular complexity index is 543. The van der Waals surface area contributed by atoms with Crippen LogP contribution in [0.5, 0.6) is 5.75 Å². The van der Waals surface area contributed by atoms with E-state index in [1.807, 2.05) is 42.5 Å². The molecule has 2 N–H and O–H groups in total. The molecule has 0 aliphatic carbocycles. The van der Waals surface area contributed by atoms with E-state index >= 15 is 0 Å². The van der Waals surface area contributed by atoms with Crippen LogP contribution in [0.1, 0.15) is 11.1 Å². The van der Waals surface area contributed by atoms with E-state index in [-0.39, 0.29) is 0 Å². The third kappa shape index (κ3) is 3.83. The van der Waals surface area contributed by atoms with Crippen LogP contribution in [0.3, 0.4) is 0 Å². The molecule has 94 valence electrons. The zero-order valence-electron chi connectivity index (χ0n) is 9.70. The average molecular weight is 371 g/mol.